The zero-order chi connectivity index (χ0) is 12.1. The van der Waals surface area contributed by atoms with Crippen LogP contribution >= 0.6 is 0 Å². The lowest BCUT2D eigenvalue weighted by Crippen LogP contribution is -2.31. The van der Waals surface area contributed by atoms with Crippen LogP contribution in [0, 0.1) is 11.8 Å². The number of rotatable bonds is 4. The number of hydrogen-bond acceptors (Lipinski definition) is 2. The van der Waals surface area contributed by atoms with Gasteiger partial charge in [-0.3, -0.25) is 4.79 Å². The lowest BCUT2D eigenvalue weighted by molar-refractivity contribution is -0.125. The van der Waals surface area contributed by atoms with Crippen molar-refractivity contribution in [2.45, 2.75) is 27.3 Å². The molecular weight excluding hydrogens is 202 g/mol. The van der Waals surface area contributed by atoms with E-state index in [1.54, 1.807) is 24.3 Å². The summed E-state index contributed by atoms with van der Waals surface area (Å²) >= 11 is 0. The molecule has 16 heavy (non-hydrogen) atoms. The molecular formula is C13H19NO2. The number of nitrogens with one attached hydrogen (secondary N) is 1. The van der Waals surface area contributed by atoms with Crippen LogP contribution in [0.15, 0.2) is 24.3 Å². The van der Waals surface area contributed by atoms with Gasteiger partial charge in [0.15, 0.2) is 0 Å². The molecule has 1 unspecified atom stereocenters. The van der Waals surface area contributed by atoms with Gasteiger partial charge in [0.1, 0.15) is 5.75 Å². The van der Waals surface area contributed by atoms with Crippen LogP contribution in [0.2, 0.25) is 0 Å². The second kappa shape index (κ2) is 5.54. The molecule has 0 radical (unpaired) electrons. The maximum absolute atomic E-state index is 11.7. The van der Waals surface area contributed by atoms with E-state index in [2.05, 4.69) is 5.32 Å². The van der Waals surface area contributed by atoms with Crippen LogP contribution in [-0.4, -0.2) is 11.0 Å². The summed E-state index contributed by atoms with van der Waals surface area (Å²) in [6.07, 6.45) is 0. The molecule has 1 rings (SSSR count). The molecule has 1 atom stereocenters. The number of phenols is 1. The molecule has 3 nitrogen and oxygen atoms in total. The van der Waals surface area contributed by atoms with E-state index in [9.17, 15) is 4.79 Å². The highest BCUT2D eigenvalue weighted by molar-refractivity contribution is 5.78. The Labute approximate surface area is 96.5 Å². The molecule has 0 bridgehead atoms. The predicted octanol–water partition coefficient (Wildman–Crippen LogP) is 2.30. The summed E-state index contributed by atoms with van der Waals surface area (Å²) in [6, 6.07) is 6.84. The number of phenolic OH excluding ortho intramolecular Hbond substituents is 1. The summed E-state index contributed by atoms with van der Waals surface area (Å²) in [5.41, 5.74) is 0.988. The van der Waals surface area contributed by atoms with E-state index in [4.69, 9.17) is 5.11 Å². The van der Waals surface area contributed by atoms with Gasteiger partial charge in [-0.15, -0.1) is 0 Å². The lowest BCUT2D eigenvalue weighted by Gasteiger charge is -2.15. The average Bonchev–Trinajstić information content (AvgIpc) is 2.26. The Morgan fingerprint density at radius 2 is 1.81 bits per heavy atom. The molecule has 0 spiro atoms. The molecule has 0 saturated heterocycles. The molecule has 88 valence electrons. The summed E-state index contributed by atoms with van der Waals surface area (Å²) in [6.45, 7) is 6.50. The predicted molar refractivity (Wildman–Crippen MR) is 64.0 cm³/mol. The maximum atomic E-state index is 11.7. The van der Waals surface area contributed by atoms with Crippen molar-refractivity contribution >= 4 is 5.91 Å². The first kappa shape index (κ1) is 12.6. The number of amides is 1. The Bertz CT molecular complexity index is 343. The molecule has 1 amide bonds. The van der Waals surface area contributed by atoms with Gasteiger partial charge in [0.05, 0.1) is 0 Å². The molecule has 0 aromatic heterocycles. The fourth-order valence-electron chi connectivity index (χ4n) is 1.27. The van der Waals surface area contributed by atoms with Crippen LogP contribution in [-0.2, 0) is 11.3 Å². The van der Waals surface area contributed by atoms with Crippen molar-refractivity contribution in [1.29, 1.82) is 0 Å². The Hall–Kier alpha value is -1.51. The maximum Gasteiger partial charge on any atom is 0.223 e. The molecule has 0 fully saturated rings. The minimum Gasteiger partial charge on any atom is -0.508 e. The summed E-state index contributed by atoms with van der Waals surface area (Å²) < 4.78 is 0. The zero-order valence-electron chi connectivity index (χ0n) is 10.0. The smallest absolute Gasteiger partial charge is 0.223 e. The fraction of sp³-hybridized carbons (Fsp3) is 0.462. The third-order valence-corrected chi connectivity index (χ3v) is 2.82. The van der Waals surface area contributed by atoms with Gasteiger partial charge in [-0.05, 0) is 23.6 Å². The minimum atomic E-state index is 0.0251. The van der Waals surface area contributed by atoms with Crippen LogP contribution in [0.5, 0.6) is 5.75 Å². The van der Waals surface area contributed by atoms with E-state index in [1.165, 1.54) is 0 Å². The summed E-state index contributed by atoms with van der Waals surface area (Å²) in [7, 11) is 0. The Morgan fingerprint density at radius 3 is 2.31 bits per heavy atom. The Morgan fingerprint density at radius 1 is 1.25 bits per heavy atom. The van der Waals surface area contributed by atoms with Crippen LogP contribution in [0.1, 0.15) is 26.3 Å². The van der Waals surface area contributed by atoms with Crippen LogP contribution < -0.4 is 5.32 Å². The number of aromatic hydroxyl groups is 1. The van der Waals surface area contributed by atoms with E-state index in [0.717, 1.165) is 5.56 Å². The highest BCUT2D eigenvalue weighted by atomic mass is 16.3. The molecule has 1 aromatic carbocycles. The zero-order valence-corrected chi connectivity index (χ0v) is 10.0. The summed E-state index contributed by atoms with van der Waals surface area (Å²) in [4.78, 5) is 11.7. The van der Waals surface area contributed by atoms with Crippen molar-refractivity contribution in [3.05, 3.63) is 29.8 Å². The first-order chi connectivity index (χ1) is 7.50. The van der Waals surface area contributed by atoms with Crippen molar-refractivity contribution in [2.24, 2.45) is 11.8 Å². The number of benzene rings is 1. The molecule has 0 heterocycles. The standard InChI is InChI=1S/C13H19NO2/c1-9(2)10(3)13(16)14-8-11-4-6-12(15)7-5-11/h4-7,9-10,15H,8H2,1-3H3,(H,14,16). The van der Waals surface area contributed by atoms with E-state index >= 15 is 0 Å². The highest BCUT2D eigenvalue weighted by Gasteiger charge is 2.15. The second-order valence-electron chi connectivity index (χ2n) is 4.42. The monoisotopic (exact) mass is 221 g/mol. The van der Waals surface area contributed by atoms with Gasteiger partial charge in [0.25, 0.3) is 0 Å². The van der Waals surface area contributed by atoms with Gasteiger partial charge in [0, 0.05) is 12.5 Å². The first-order valence-electron chi connectivity index (χ1n) is 5.56. The van der Waals surface area contributed by atoms with Gasteiger partial charge in [-0.25, -0.2) is 0 Å². The molecule has 2 N–H and O–H groups in total. The Kier molecular flexibility index (Phi) is 4.35. The normalized spacial score (nSPS) is 12.5. The molecule has 0 saturated carbocycles. The van der Waals surface area contributed by atoms with Gasteiger partial charge in [-0.1, -0.05) is 32.9 Å². The fourth-order valence-corrected chi connectivity index (χ4v) is 1.27. The largest absolute Gasteiger partial charge is 0.508 e. The lowest BCUT2D eigenvalue weighted by atomic mass is 9.97. The molecule has 1 aromatic rings. The number of hydrogen-bond donors (Lipinski definition) is 2. The number of carbonyl (C=O) groups is 1. The van der Waals surface area contributed by atoms with Gasteiger partial charge >= 0.3 is 0 Å². The quantitative estimate of drug-likeness (QED) is 0.819. The molecule has 0 aliphatic carbocycles. The van der Waals surface area contributed by atoms with Gasteiger partial charge < -0.3 is 10.4 Å². The van der Waals surface area contributed by atoms with Crippen LogP contribution in [0.3, 0.4) is 0 Å². The third kappa shape index (κ3) is 3.57. The van der Waals surface area contributed by atoms with Crippen molar-refractivity contribution < 1.29 is 9.90 Å². The molecule has 0 aliphatic rings. The van der Waals surface area contributed by atoms with Crippen LogP contribution in [0.25, 0.3) is 0 Å². The molecule has 3 heteroatoms. The van der Waals surface area contributed by atoms with E-state index < -0.39 is 0 Å². The van der Waals surface area contributed by atoms with Crippen LogP contribution in [0.4, 0.5) is 0 Å². The van der Waals surface area contributed by atoms with Crippen molar-refractivity contribution in [2.75, 3.05) is 0 Å². The van der Waals surface area contributed by atoms with Crippen molar-refractivity contribution in [3.63, 3.8) is 0 Å². The van der Waals surface area contributed by atoms with Gasteiger partial charge in [-0.2, -0.15) is 0 Å². The summed E-state index contributed by atoms with van der Waals surface area (Å²) in [5, 5.41) is 12.0. The summed E-state index contributed by atoms with van der Waals surface area (Å²) in [5.74, 6) is 0.686. The second-order valence-corrected chi connectivity index (χ2v) is 4.42. The van der Waals surface area contributed by atoms with Gasteiger partial charge in [0.2, 0.25) is 5.91 Å². The van der Waals surface area contributed by atoms with Crippen molar-refractivity contribution in [1.82, 2.24) is 5.32 Å². The van der Waals surface area contributed by atoms with E-state index in [0.29, 0.717) is 12.5 Å². The van der Waals surface area contributed by atoms with Crippen molar-refractivity contribution in [3.8, 4) is 5.75 Å². The SMILES string of the molecule is CC(C)C(C)C(=O)NCc1ccc(O)cc1. The Balaban J connectivity index is 2.46. The minimum absolute atomic E-state index is 0.0251. The molecule has 0 aliphatic heterocycles. The number of carbonyl (C=O) groups excluding carboxylic acids is 1. The van der Waals surface area contributed by atoms with E-state index in [-0.39, 0.29) is 17.6 Å². The first-order valence-corrected chi connectivity index (χ1v) is 5.56. The third-order valence-electron chi connectivity index (χ3n) is 2.82. The highest BCUT2D eigenvalue weighted by Crippen LogP contribution is 2.11. The average molecular weight is 221 g/mol. The van der Waals surface area contributed by atoms with E-state index in [1.807, 2.05) is 20.8 Å². The topological polar surface area (TPSA) is 49.3 Å².